The molecular formula is C26H25F3N4O3. The summed E-state index contributed by atoms with van der Waals surface area (Å²) in [6.45, 7) is 2.79. The van der Waals surface area contributed by atoms with Gasteiger partial charge in [0, 0.05) is 43.9 Å². The Morgan fingerprint density at radius 3 is 2.58 bits per heavy atom. The summed E-state index contributed by atoms with van der Waals surface area (Å²) in [7, 11) is 0. The average molecular weight is 499 g/mol. The van der Waals surface area contributed by atoms with Crippen molar-refractivity contribution in [3.63, 3.8) is 0 Å². The number of hydrogen-bond acceptors (Lipinski definition) is 6. The minimum absolute atomic E-state index is 0.0935. The second-order valence-corrected chi connectivity index (χ2v) is 8.70. The summed E-state index contributed by atoms with van der Waals surface area (Å²) in [4.78, 5) is 18.4. The van der Waals surface area contributed by atoms with Crippen LogP contribution < -0.4 is 10.2 Å². The fourth-order valence-corrected chi connectivity index (χ4v) is 4.78. The number of benzene rings is 1. The maximum Gasteiger partial charge on any atom is 0.416 e. The van der Waals surface area contributed by atoms with E-state index in [4.69, 9.17) is 4.74 Å². The molecule has 0 saturated carbocycles. The summed E-state index contributed by atoms with van der Waals surface area (Å²) in [5.41, 5.74) is -1.46. The van der Waals surface area contributed by atoms with Gasteiger partial charge in [0.1, 0.15) is 6.07 Å². The zero-order valence-electron chi connectivity index (χ0n) is 19.5. The van der Waals surface area contributed by atoms with E-state index in [1.165, 1.54) is 6.07 Å². The van der Waals surface area contributed by atoms with Gasteiger partial charge in [0.15, 0.2) is 5.72 Å². The SMILES string of the molecule is CCOC1(c2cccnc2)C=CC(C2(C(=O)O)CCN(c3ccc(C(F)(F)F)cc3C#N)CC2)=CN1. The fourth-order valence-electron chi connectivity index (χ4n) is 4.78. The number of alkyl halides is 3. The highest BCUT2D eigenvalue weighted by molar-refractivity contribution is 5.80. The Balaban J connectivity index is 1.57. The molecule has 2 aliphatic heterocycles. The number of allylic oxidation sites excluding steroid dienone is 1. The molecule has 0 radical (unpaired) electrons. The number of piperidine rings is 1. The average Bonchev–Trinajstić information content (AvgIpc) is 2.89. The zero-order chi connectivity index (χ0) is 26.0. The van der Waals surface area contributed by atoms with E-state index >= 15 is 0 Å². The Bertz CT molecular complexity index is 1230. The summed E-state index contributed by atoms with van der Waals surface area (Å²) < 4.78 is 45.2. The van der Waals surface area contributed by atoms with E-state index in [0.29, 0.717) is 17.9 Å². The fraction of sp³-hybridized carbons (Fsp3) is 0.346. The molecule has 0 amide bonds. The van der Waals surface area contributed by atoms with Gasteiger partial charge >= 0.3 is 12.1 Å². The predicted molar refractivity (Wildman–Crippen MR) is 126 cm³/mol. The maximum atomic E-state index is 13.1. The van der Waals surface area contributed by atoms with E-state index in [1.807, 2.05) is 19.1 Å². The van der Waals surface area contributed by atoms with Crippen LogP contribution in [0.25, 0.3) is 0 Å². The Morgan fingerprint density at radius 1 is 1.31 bits per heavy atom. The van der Waals surface area contributed by atoms with Gasteiger partial charge in [-0.25, -0.2) is 0 Å². The van der Waals surface area contributed by atoms with E-state index < -0.39 is 28.8 Å². The number of pyridine rings is 1. The molecule has 2 aromatic rings. The number of dihydropyridines is 1. The van der Waals surface area contributed by atoms with Gasteiger partial charge in [0.2, 0.25) is 0 Å². The number of aliphatic carboxylic acids is 1. The monoisotopic (exact) mass is 498 g/mol. The molecule has 1 aromatic heterocycles. The van der Waals surface area contributed by atoms with E-state index in [1.54, 1.807) is 41.7 Å². The number of nitrogens with one attached hydrogen (secondary N) is 1. The normalized spacial score (nSPS) is 21.3. The molecule has 1 unspecified atom stereocenters. The number of ether oxygens (including phenoxy) is 1. The highest BCUT2D eigenvalue weighted by atomic mass is 19.4. The van der Waals surface area contributed by atoms with Gasteiger partial charge in [-0.05, 0) is 55.7 Å². The van der Waals surface area contributed by atoms with Crippen molar-refractivity contribution < 1.29 is 27.8 Å². The van der Waals surface area contributed by atoms with Crippen LogP contribution in [0.4, 0.5) is 18.9 Å². The Labute approximate surface area is 206 Å². The number of hydrogen-bond donors (Lipinski definition) is 2. The second-order valence-electron chi connectivity index (χ2n) is 8.70. The van der Waals surface area contributed by atoms with Gasteiger partial charge in [-0.3, -0.25) is 9.78 Å². The lowest BCUT2D eigenvalue weighted by Crippen LogP contribution is -2.48. The molecule has 2 N–H and O–H groups in total. The number of aromatic nitrogens is 1. The number of halogens is 3. The summed E-state index contributed by atoms with van der Waals surface area (Å²) in [5, 5.41) is 22.9. The second kappa shape index (κ2) is 9.66. The lowest BCUT2D eigenvalue weighted by atomic mass is 9.71. The highest BCUT2D eigenvalue weighted by Gasteiger charge is 2.46. The molecule has 2 aliphatic rings. The van der Waals surface area contributed by atoms with Gasteiger partial charge in [0.05, 0.1) is 22.2 Å². The summed E-state index contributed by atoms with van der Waals surface area (Å²) in [5.74, 6) is -0.988. The molecule has 1 atom stereocenters. The van der Waals surface area contributed by atoms with Crippen molar-refractivity contribution in [3.05, 3.63) is 83.3 Å². The van der Waals surface area contributed by atoms with Gasteiger partial charge in [0.25, 0.3) is 0 Å². The van der Waals surface area contributed by atoms with Crippen LogP contribution in [0.2, 0.25) is 0 Å². The Hall–Kier alpha value is -3.84. The van der Waals surface area contributed by atoms with Crippen molar-refractivity contribution >= 4 is 11.7 Å². The maximum absolute atomic E-state index is 13.1. The molecule has 1 fully saturated rings. The molecule has 1 aromatic carbocycles. The van der Waals surface area contributed by atoms with Crippen LogP contribution in [0.15, 0.2) is 66.7 Å². The third-order valence-corrected chi connectivity index (χ3v) is 6.77. The molecule has 188 valence electrons. The standard InChI is InChI=1S/C26H25F3N4O3/c1-2-36-25(21-4-3-11-31-16-21)8-7-20(17-32-25)24(23(34)35)9-12-33(13-10-24)22-6-5-19(26(27,28)29)14-18(22)15-30/h3-8,11,14,16-17,32H,2,9-10,12-13H2,1H3,(H,34,35). The number of carbonyl (C=O) groups is 1. The van der Waals surface area contributed by atoms with E-state index in [0.717, 1.165) is 17.7 Å². The van der Waals surface area contributed by atoms with Crippen molar-refractivity contribution in [1.82, 2.24) is 10.3 Å². The van der Waals surface area contributed by atoms with Crippen molar-refractivity contribution in [2.75, 3.05) is 24.6 Å². The Kier molecular flexibility index (Phi) is 6.78. The third-order valence-electron chi connectivity index (χ3n) is 6.77. The first-order chi connectivity index (χ1) is 17.1. The van der Waals surface area contributed by atoms with Crippen LogP contribution in [-0.4, -0.2) is 35.8 Å². The molecule has 3 heterocycles. The van der Waals surface area contributed by atoms with Crippen molar-refractivity contribution in [3.8, 4) is 6.07 Å². The molecule has 10 heteroatoms. The predicted octanol–water partition coefficient (Wildman–Crippen LogP) is 4.58. The van der Waals surface area contributed by atoms with Gasteiger partial charge in [-0.15, -0.1) is 0 Å². The molecule has 0 aliphatic carbocycles. The summed E-state index contributed by atoms with van der Waals surface area (Å²) >= 11 is 0. The first kappa shape index (κ1) is 25.3. The van der Waals surface area contributed by atoms with E-state index in [-0.39, 0.29) is 31.5 Å². The first-order valence-corrected chi connectivity index (χ1v) is 11.5. The number of carboxylic acid groups (broad SMARTS) is 1. The van der Waals surface area contributed by atoms with Gasteiger partial charge in [-0.2, -0.15) is 18.4 Å². The molecule has 1 saturated heterocycles. The largest absolute Gasteiger partial charge is 0.481 e. The number of rotatable bonds is 6. The smallest absolute Gasteiger partial charge is 0.416 e. The van der Waals surface area contributed by atoms with Crippen molar-refractivity contribution in [1.29, 1.82) is 5.26 Å². The lowest BCUT2D eigenvalue weighted by molar-refractivity contribution is -0.147. The van der Waals surface area contributed by atoms with Gasteiger partial charge < -0.3 is 20.1 Å². The summed E-state index contributed by atoms with van der Waals surface area (Å²) in [6.07, 6.45) is 4.38. The summed E-state index contributed by atoms with van der Waals surface area (Å²) in [6, 6.07) is 8.54. The van der Waals surface area contributed by atoms with Gasteiger partial charge in [-0.1, -0.05) is 12.1 Å². The topological polar surface area (TPSA) is 98.5 Å². The minimum Gasteiger partial charge on any atom is -0.481 e. The van der Waals surface area contributed by atoms with Crippen LogP contribution in [0.5, 0.6) is 0 Å². The van der Waals surface area contributed by atoms with Crippen LogP contribution in [-0.2, 0) is 21.4 Å². The molecule has 7 nitrogen and oxygen atoms in total. The minimum atomic E-state index is -4.55. The van der Waals surface area contributed by atoms with E-state index in [2.05, 4.69) is 10.3 Å². The Morgan fingerprint density at radius 2 is 2.06 bits per heavy atom. The third kappa shape index (κ3) is 4.54. The number of nitrogens with zero attached hydrogens (tertiary/aromatic N) is 3. The number of carboxylic acids is 1. The number of anilines is 1. The number of nitriles is 1. The van der Waals surface area contributed by atoms with Crippen LogP contribution in [0, 0.1) is 16.7 Å². The highest BCUT2D eigenvalue weighted by Crippen LogP contribution is 2.44. The van der Waals surface area contributed by atoms with Crippen molar-refractivity contribution in [2.24, 2.45) is 5.41 Å². The molecule has 0 spiro atoms. The quantitative estimate of drug-likeness (QED) is 0.602. The molecule has 0 bridgehead atoms. The van der Waals surface area contributed by atoms with Crippen LogP contribution in [0.1, 0.15) is 36.5 Å². The zero-order valence-corrected chi connectivity index (χ0v) is 19.5. The van der Waals surface area contributed by atoms with E-state index in [9.17, 15) is 28.3 Å². The molecule has 36 heavy (non-hydrogen) atoms. The first-order valence-electron chi connectivity index (χ1n) is 11.5. The lowest BCUT2D eigenvalue weighted by Gasteiger charge is -2.43. The van der Waals surface area contributed by atoms with Crippen LogP contribution >= 0.6 is 0 Å². The molecular weight excluding hydrogens is 473 g/mol. The van der Waals surface area contributed by atoms with Crippen molar-refractivity contribution in [2.45, 2.75) is 31.7 Å². The molecule has 4 rings (SSSR count). The van der Waals surface area contributed by atoms with Crippen LogP contribution in [0.3, 0.4) is 0 Å².